The highest BCUT2D eigenvalue weighted by atomic mass is 19.4. The van der Waals surface area contributed by atoms with Gasteiger partial charge < -0.3 is 34.6 Å². The largest absolute Gasteiger partial charge is 0.490 e. The highest BCUT2D eigenvalue weighted by molar-refractivity contribution is 5.98. The minimum absolute atomic E-state index is 0.145. The minimum atomic E-state index is -4.47. The van der Waals surface area contributed by atoms with Gasteiger partial charge in [0.1, 0.15) is 5.75 Å². The first-order valence-corrected chi connectivity index (χ1v) is 14.9. The number of rotatable bonds is 6. The van der Waals surface area contributed by atoms with Gasteiger partial charge in [-0.1, -0.05) is 6.92 Å². The van der Waals surface area contributed by atoms with Gasteiger partial charge in [-0.3, -0.25) is 4.79 Å². The van der Waals surface area contributed by atoms with Crippen molar-refractivity contribution in [3.63, 3.8) is 0 Å². The molecule has 3 amide bonds. The van der Waals surface area contributed by atoms with Crippen LogP contribution >= 0.6 is 0 Å². The molecule has 1 aliphatic rings. The molecule has 0 bridgehead atoms. The number of ether oxygens (including phenoxy) is 2. The molecule has 4 atom stereocenters. The van der Waals surface area contributed by atoms with E-state index in [4.69, 9.17) is 9.47 Å². The summed E-state index contributed by atoms with van der Waals surface area (Å²) in [6.07, 6.45) is -2.74. The van der Waals surface area contributed by atoms with Crippen LogP contribution in [0.1, 0.15) is 56.0 Å². The van der Waals surface area contributed by atoms with Crippen LogP contribution in [0.5, 0.6) is 5.75 Å². The van der Waals surface area contributed by atoms with Gasteiger partial charge in [-0.15, -0.1) is 0 Å². The second-order valence-electron chi connectivity index (χ2n) is 11.8. The van der Waals surface area contributed by atoms with Gasteiger partial charge in [0, 0.05) is 58.1 Å². The number of fused-ring (bicyclic) bond motifs is 1. The van der Waals surface area contributed by atoms with Crippen LogP contribution in [0.4, 0.5) is 29.3 Å². The number of carbonyl (C=O) groups is 2. The van der Waals surface area contributed by atoms with Crippen molar-refractivity contribution in [3.8, 4) is 5.75 Å². The number of amides is 3. The Hall–Kier alpha value is -3.51. The molecule has 12 heteroatoms. The maximum atomic E-state index is 14.1. The Labute approximate surface area is 257 Å². The standard InChI is InChI=1S/C32H45F3N4O5/c1-21-18-39(22(2)20-40)30(41)27-17-26(37(4)5)14-15-28(27)44-23(3)9-7-8-16-43-29(21)19-38(6)31(42)36-25-12-10-24(11-13-25)32(33,34)35/h10-15,17,21-23,29,40H,7-9,16,18-20H2,1-6H3,(H,36,42)/t21-,22-,23-,29+/m0/s1. The van der Waals surface area contributed by atoms with Crippen LogP contribution in [0.15, 0.2) is 42.5 Å². The Bertz CT molecular complexity index is 1240. The molecule has 9 nitrogen and oxygen atoms in total. The summed E-state index contributed by atoms with van der Waals surface area (Å²) in [5.74, 6) is -0.0496. The smallest absolute Gasteiger partial charge is 0.416 e. The summed E-state index contributed by atoms with van der Waals surface area (Å²) in [5, 5.41) is 12.7. The first kappa shape index (κ1) is 35.0. The number of benzene rings is 2. The third-order valence-corrected chi connectivity index (χ3v) is 7.82. The fourth-order valence-corrected chi connectivity index (χ4v) is 4.97. The van der Waals surface area contributed by atoms with E-state index in [1.165, 1.54) is 17.0 Å². The van der Waals surface area contributed by atoms with E-state index in [9.17, 15) is 27.9 Å². The first-order valence-electron chi connectivity index (χ1n) is 14.9. The van der Waals surface area contributed by atoms with Gasteiger partial charge in [-0.25, -0.2) is 4.79 Å². The zero-order chi connectivity index (χ0) is 32.6. The van der Waals surface area contributed by atoms with E-state index in [0.717, 1.165) is 37.1 Å². The van der Waals surface area contributed by atoms with Crippen molar-refractivity contribution in [2.75, 3.05) is 57.7 Å². The van der Waals surface area contributed by atoms with Crippen LogP contribution in [-0.2, 0) is 10.9 Å². The second-order valence-corrected chi connectivity index (χ2v) is 11.8. The molecule has 0 aromatic heterocycles. The topological polar surface area (TPSA) is 94.6 Å². The number of aliphatic hydroxyl groups excluding tert-OH is 1. The molecule has 0 radical (unpaired) electrons. The molecular weight excluding hydrogens is 577 g/mol. The average molecular weight is 623 g/mol. The van der Waals surface area contributed by atoms with Gasteiger partial charge in [0.05, 0.1) is 36.0 Å². The summed E-state index contributed by atoms with van der Waals surface area (Å²) in [6.45, 7) is 6.25. The number of alkyl halides is 3. The molecule has 1 aliphatic heterocycles. The Morgan fingerprint density at radius 3 is 2.41 bits per heavy atom. The van der Waals surface area contributed by atoms with Gasteiger partial charge in [0.15, 0.2) is 0 Å². The number of halogens is 3. The molecule has 0 unspecified atom stereocenters. The lowest BCUT2D eigenvalue weighted by atomic mass is 10.0. The highest BCUT2D eigenvalue weighted by Gasteiger charge is 2.32. The number of likely N-dealkylation sites (N-methyl/N-ethyl adjacent to an activating group) is 1. The van der Waals surface area contributed by atoms with Crippen LogP contribution in [0.3, 0.4) is 0 Å². The molecule has 2 aromatic carbocycles. The van der Waals surface area contributed by atoms with Crippen molar-refractivity contribution in [1.29, 1.82) is 0 Å². The number of hydrogen-bond donors (Lipinski definition) is 2. The number of aliphatic hydroxyl groups is 1. The normalized spacial score (nSPS) is 21.0. The minimum Gasteiger partial charge on any atom is -0.490 e. The summed E-state index contributed by atoms with van der Waals surface area (Å²) in [6, 6.07) is 8.74. The van der Waals surface area contributed by atoms with E-state index in [2.05, 4.69) is 5.32 Å². The van der Waals surface area contributed by atoms with Gasteiger partial charge in [0.2, 0.25) is 0 Å². The van der Waals surface area contributed by atoms with Crippen molar-refractivity contribution < 1.29 is 37.3 Å². The molecule has 0 spiro atoms. The molecule has 44 heavy (non-hydrogen) atoms. The molecule has 3 rings (SSSR count). The predicted octanol–water partition coefficient (Wildman–Crippen LogP) is 5.73. The maximum Gasteiger partial charge on any atom is 0.416 e. The monoisotopic (exact) mass is 622 g/mol. The molecule has 0 fully saturated rings. The lowest BCUT2D eigenvalue weighted by Crippen LogP contribution is -2.48. The molecule has 0 saturated carbocycles. The van der Waals surface area contributed by atoms with E-state index in [0.29, 0.717) is 17.9 Å². The van der Waals surface area contributed by atoms with Crippen LogP contribution in [-0.4, -0.2) is 92.5 Å². The molecule has 0 saturated heterocycles. The summed E-state index contributed by atoms with van der Waals surface area (Å²) < 4.78 is 51.3. The Kier molecular flexibility index (Phi) is 12.3. The average Bonchev–Trinajstić information content (AvgIpc) is 2.97. The predicted molar refractivity (Wildman–Crippen MR) is 164 cm³/mol. The van der Waals surface area contributed by atoms with Crippen LogP contribution in [0, 0.1) is 5.92 Å². The van der Waals surface area contributed by atoms with E-state index in [1.54, 1.807) is 24.9 Å². The quantitative estimate of drug-likeness (QED) is 0.428. The summed E-state index contributed by atoms with van der Waals surface area (Å²) in [7, 11) is 5.36. The lowest BCUT2D eigenvalue weighted by Gasteiger charge is -2.36. The number of carbonyl (C=O) groups excluding carboxylic acids is 2. The second kappa shape index (κ2) is 15.5. The molecule has 0 aliphatic carbocycles. The molecule has 2 N–H and O–H groups in total. The number of nitrogens with zero attached hydrogens (tertiary/aromatic N) is 3. The zero-order valence-electron chi connectivity index (χ0n) is 26.4. The summed E-state index contributed by atoms with van der Waals surface area (Å²) in [4.78, 5) is 32.0. The number of nitrogens with one attached hydrogen (secondary N) is 1. The Balaban J connectivity index is 1.84. The lowest BCUT2D eigenvalue weighted by molar-refractivity contribution is -0.137. The van der Waals surface area contributed by atoms with Crippen molar-refractivity contribution in [3.05, 3.63) is 53.6 Å². The Morgan fingerprint density at radius 2 is 1.80 bits per heavy atom. The van der Waals surface area contributed by atoms with Crippen LogP contribution in [0.2, 0.25) is 0 Å². The van der Waals surface area contributed by atoms with Crippen LogP contribution in [0.25, 0.3) is 0 Å². The first-order chi connectivity index (χ1) is 20.7. The van der Waals surface area contributed by atoms with Gasteiger partial charge in [-0.2, -0.15) is 13.2 Å². The van der Waals surface area contributed by atoms with Gasteiger partial charge in [0.25, 0.3) is 5.91 Å². The van der Waals surface area contributed by atoms with Gasteiger partial charge >= 0.3 is 12.2 Å². The third kappa shape index (κ3) is 9.49. The van der Waals surface area contributed by atoms with Crippen molar-refractivity contribution in [1.82, 2.24) is 9.80 Å². The van der Waals surface area contributed by atoms with E-state index in [-0.39, 0.29) is 43.3 Å². The summed E-state index contributed by atoms with van der Waals surface area (Å²) in [5.41, 5.74) is 0.665. The zero-order valence-corrected chi connectivity index (χ0v) is 26.4. The number of hydrogen-bond acceptors (Lipinski definition) is 6. The summed E-state index contributed by atoms with van der Waals surface area (Å²) >= 11 is 0. The number of anilines is 2. The van der Waals surface area contributed by atoms with Crippen LogP contribution < -0.4 is 15.0 Å². The third-order valence-electron chi connectivity index (χ3n) is 7.82. The Morgan fingerprint density at radius 1 is 1.11 bits per heavy atom. The van der Waals surface area contributed by atoms with E-state index in [1.807, 2.05) is 45.0 Å². The number of urea groups is 1. The fraction of sp³-hybridized carbons (Fsp3) is 0.562. The van der Waals surface area contributed by atoms with Crippen molar-refractivity contribution >= 4 is 23.3 Å². The maximum absolute atomic E-state index is 14.1. The van der Waals surface area contributed by atoms with E-state index >= 15 is 0 Å². The SMILES string of the molecule is C[C@H]1CCCCO[C@H](CN(C)C(=O)Nc2ccc(C(F)(F)F)cc2)[C@@H](C)CN([C@@H](C)CO)C(=O)c2cc(N(C)C)ccc2O1. The van der Waals surface area contributed by atoms with Crippen molar-refractivity contribution in [2.45, 2.75) is 64.5 Å². The van der Waals surface area contributed by atoms with Crippen molar-refractivity contribution in [2.24, 2.45) is 5.92 Å². The van der Waals surface area contributed by atoms with Gasteiger partial charge in [-0.05, 0) is 75.6 Å². The van der Waals surface area contributed by atoms with E-state index < -0.39 is 29.9 Å². The molecule has 2 aromatic rings. The fourth-order valence-electron chi connectivity index (χ4n) is 4.97. The molecule has 1 heterocycles. The highest BCUT2D eigenvalue weighted by Crippen LogP contribution is 2.31. The molecular formula is C32H45F3N4O5. The molecule has 244 valence electrons.